The van der Waals surface area contributed by atoms with E-state index in [4.69, 9.17) is 16.2 Å². The van der Waals surface area contributed by atoms with Crippen molar-refractivity contribution in [3.05, 3.63) is 41.4 Å². The van der Waals surface area contributed by atoms with E-state index in [1.807, 2.05) is 6.07 Å². The van der Waals surface area contributed by atoms with E-state index in [9.17, 15) is 4.21 Å². The Hall–Kier alpha value is -0.900. The summed E-state index contributed by atoms with van der Waals surface area (Å²) >= 11 is 3.86. The van der Waals surface area contributed by atoms with E-state index >= 15 is 0 Å². The van der Waals surface area contributed by atoms with Gasteiger partial charge in [0.15, 0.2) is 11.1 Å². The summed E-state index contributed by atoms with van der Waals surface area (Å²) in [7, 11) is 0. The maximum absolute atomic E-state index is 11.0. The third-order valence-electron chi connectivity index (χ3n) is 1.99. The summed E-state index contributed by atoms with van der Waals surface area (Å²) in [5.74, 6) is 0. The van der Waals surface area contributed by atoms with Gasteiger partial charge in [-0.15, -0.1) is 0 Å². The molecule has 1 N–H and O–H groups in total. The van der Waals surface area contributed by atoms with Crippen LogP contribution in [-0.2, 0) is 11.1 Å². The van der Waals surface area contributed by atoms with Gasteiger partial charge in [0.2, 0.25) is 0 Å². The molecule has 0 aromatic heterocycles. The molecule has 2 nitrogen and oxygen atoms in total. The third kappa shape index (κ3) is 1.66. The van der Waals surface area contributed by atoms with Gasteiger partial charge in [-0.05, 0) is 23.6 Å². The van der Waals surface area contributed by atoms with Gasteiger partial charge in [0.25, 0.3) is 0 Å². The van der Waals surface area contributed by atoms with Crippen LogP contribution in [0.4, 0.5) is 0 Å². The average molecular weight is 227 g/mol. The Morgan fingerprint density at radius 1 is 1.21 bits per heavy atom. The molecule has 0 aliphatic heterocycles. The molecule has 0 heterocycles. The number of rotatable bonds is 1. The molecule has 2 aromatic rings. The molecule has 0 aliphatic carbocycles. The monoisotopic (exact) mass is 226 g/mol. The molecule has 0 bridgehead atoms. The number of benzene rings is 2. The van der Waals surface area contributed by atoms with Gasteiger partial charge in [0, 0.05) is 10.4 Å². The van der Waals surface area contributed by atoms with Crippen LogP contribution >= 0.6 is 11.6 Å². The highest BCUT2D eigenvalue weighted by atomic mass is 35.5. The van der Waals surface area contributed by atoms with E-state index in [0.717, 1.165) is 10.8 Å². The van der Waals surface area contributed by atoms with E-state index in [-0.39, 0.29) is 0 Å². The zero-order chi connectivity index (χ0) is 10.1. The smallest absolute Gasteiger partial charge is 0.187 e. The van der Waals surface area contributed by atoms with E-state index in [1.54, 1.807) is 30.3 Å². The molecule has 2 aromatic carbocycles. The Bertz CT molecular complexity index is 510. The van der Waals surface area contributed by atoms with Crippen LogP contribution in [-0.4, -0.2) is 8.76 Å². The molecule has 0 spiro atoms. The Balaban J connectivity index is 2.81. The average Bonchev–Trinajstić information content (AvgIpc) is 2.16. The van der Waals surface area contributed by atoms with Crippen molar-refractivity contribution in [2.24, 2.45) is 0 Å². The van der Waals surface area contributed by atoms with Gasteiger partial charge < -0.3 is 4.55 Å². The first kappa shape index (κ1) is 9.65. The molecule has 0 saturated heterocycles. The minimum atomic E-state index is -1.95. The fraction of sp³-hybridized carbons (Fsp3) is 0. The molecule has 1 unspecified atom stereocenters. The van der Waals surface area contributed by atoms with Gasteiger partial charge in [-0.2, -0.15) is 0 Å². The van der Waals surface area contributed by atoms with Crippen LogP contribution in [0.2, 0.25) is 5.02 Å². The molecule has 72 valence electrons. The normalized spacial score (nSPS) is 13.0. The van der Waals surface area contributed by atoms with E-state index in [2.05, 4.69) is 0 Å². The van der Waals surface area contributed by atoms with Gasteiger partial charge in [0.1, 0.15) is 0 Å². The van der Waals surface area contributed by atoms with Gasteiger partial charge in [-0.1, -0.05) is 29.8 Å². The summed E-state index contributed by atoms with van der Waals surface area (Å²) in [6.45, 7) is 0. The SMILES string of the molecule is O=S(O)c1cccc2cc(Cl)ccc12. The second-order valence-corrected chi connectivity index (χ2v) is 4.25. The zero-order valence-corrected chi connectivity index (χ0v) is 8.68. The van der Waals surface area contributed by atoms with E-state index in [1.165, 1.54) is 0 Å². The molecule has 4 heteroatoms. The van der Waals surface area contributed by atoms with Crippen LogP contribution in [0.5, 0.6) is 0 Å². The van der Waals surface area contributed by atoms with Gasteiger partial charge in [-0.25, -0.2) is 4.21 Å². The quantitative estimate of drug-likeness (QED) is 0.759. The van der Waals surface area contributed by atoms with Gasteiger partial charge in [0.05, 0.1) is 4.90 Å². The molecule has 14 heavy (non-hydrogen) atoms. The van der Waals surface area contributed by atoms with Crippen molar-refractivity contribution in [3.8, 4) is 0 Å². The molecule has 1 atom stereocenters. The van der Waals surface area contributed by atoms with Crippen LogP contribution in [0.25, 0.3) is 10.8 Å². The summed E-state index contributed by atoms with van der Waals surface area (Å²) in [6.07, 6.45) is 0. The molecular weight excluding hydrogens is 220 g/mol. The largest absolute Gasteiger partial charge is 0.302 e. The van der Waals surface area contributed by atoms with Gasteiger partial charge >= 0.3 is 0 Å². The van der Waals surface area contributed by atoms with E-state index in [0.29, 0.717) is 9.92 Å². The van der Waals surface area contributed by atoms with Crippen molar-refractivity contribution >= 4 is 33.5 Å². The van der Waals surface area contributed by atoms with Crippen LogP contribution in [0, 0.1) is 0 Å². The highest BCUT2D eigenvalue weighted by Crippen LogP contribution is 2.24. The van der Waals surface area contributed by atoms with Crippen molar-refractivity contribution < 1.29 is 8.76 Å². The van der Waals surface area contributed by atoms with Crippen LogP contribution in [0.15, 0.2) is 41.3 Å². The molecule has 2 rings (SSSR count). The van der Waals surface area contributed by atoms with Crippen molar-refractivity contribution in [2.75, 3.05) is 0 Å². The lowest BCUT2D eigenvalue weighted by atomic mass is 10.1. The maximum atomic E-state index is 11.0. The standard InChI is InChI=1S/C10H7ClO2S/c11-8-4-5-9-7(6-8)2-1-3-10(9)14(12)13/h1-6H,(H,12,13). The summed E-state index contributed by atoms with van der Waals surface area (Å²) in [4.78, 5) is 0.416. The fourth-order valence-corrected chi connectivity index (χ4v) is 2.13. The Kier molecular flexibility index (Phi) is 2.54. The topological polar surface area (TPSA) is 37.3 Å². The first-order valence-corrected chi connectivity index (χ1v) is 5.46. The van der Waals surface area contributed by atoms with E-state index < -0.39 is 11.1 Å². The van der Waals surface area contributed by atoms with Crippen molar-refractivity contribution in [3.63, 3.8) is 0 Å². The fourth-order valence-electron chi connectivity index (χ4n) is 1.38. The summed E-state index contributed by atoms with van der Waals surface area (Å²) in [6, 6.07) is 10.5. The molecule has 0 fully saturated rings. The van der Waals surface area contributed by atoms with Crippen molar-refractivity contribution in [1.82, 2.24) is 0 Å². The van der Waals surface area contributed by atoms with Crippen LogP contribution in [0.1, 0.15) is 0 Å². The highest BCUT2D eigenvalue weighted by Gasteiger charge is 2.05. The molecular formula is C10H7ClO2S. The maximum Gasteiger partial charge on any atom is 0.187 e. The zero-order valence-electron chi connectivity index (χ0n) is 7.11. The highest BCUT2D eigenvalue weighted by molar-refractivity contribution is 7.79. The predicted molar refractivity (Wildman–Crippen MR) is 58.0 cm³/mol. The first-order valence-electron chi connectivity index (χ1n) is 3.97. The molecule has 0 amide bonds. The Morgan fingerprint density at radius 2 is 2.00 bits per heavy atom. The third-order valence-corrected chi connectivity index (χ3v) is 2.96. The molecule has 0 saturated carbocycles. The summed E-state index contributed by atoms with van der Waals surface area (Å²) in [5.41, 5.74) is 0. The predicted octanol–water partition coefficient (Wildman–Crippen LogP) is 3.07. The Morgan fingerprint density at radius 3 is 2.71 bits per heavy atom. The lowest BCUT2D eigenvalue weighted by molar-refractivity contribution is 0.565. The molecule has 0 aliphatic rings. The molecule has 0 radical (unpaired) electrons. The number of fused-ring (bicyclic) bond motifs is 1. The van der Waals surface area contributed by atoms with Crippen LogP contribution < -0.4 is 0 Å². The minimum Gasteiger partial charge on any atom is -0.302 e. The number of halogens is 1. The van der Waals surface area contributed by atoms with Crippen molar-refractivity contribution in [2.45, 2.75) is 4.90 Å². The summed E-state index contributed by atoms with van der Waals surface area (Å²) < 4.78 is 20.0. The first-order chi connectivity index (χ1) is 6.68. The lowest BCUT2D eigenvalue weighted by Gasteiger charge is -2.02. The Labute approximate surface area is 88.8 Å². The van der Waals surface area contributed by atoms with Crippen molar-refractivity contribution in [1.29, 1.82) is 0 Å². The number of hydrogen-bond acceptors (Lipinski definition) is 1. The minimum absolute atomic E-state index is 0.416. The van der Waals surface area contributed by atoms with Crippen LogP contribution in [0.3, 0.4) is 0 Å². The second-order valence-electron chi connectivity index (χ2n) is 2.87. The number of hydrogen-bond donors (Lipinski definition) is 1. The lowest BCUT2D eigenvalue weighted by Crippen LogP contribution is -1.89. The summed E-state index contributed by atoms with van der Waals surface area (Å²) in [5, 5.41) is 2.26. The second kappa shape index (κ2) is 3.69. The van der Waals surface area contributed by atoms with Gasteiger partial charge in [-0.3, -0.25) is 0 Å².